The molecule has 1 aromatic heterocycles. The van der Waals surface area contributed by atoms with Crippen molar-refractivity contribution in [3.05, 3.63) is 113 Å². The fourth-order valence-corrected chi connectivity index (χ4v) is 8.26. The average molecular weight is 722 g/mol. The predicted octanol–water partition coefficient (Wildman–Crippen LogP) is 7.05. The number of aliphatic hydroxyl groups is 2. The summed E-state index contributed by atoms with van der Waals surface area (Å²) >= 11 is 0. The van der Waals surface area contributed by atoms with Gasteiger partial charge in [0.2, 0.25) is 0 Å². The van der Waals surface area contributed by atoms with E-state index in [1.54, 1.807) is 6.07 Å². The maximum Gasteiger partial charge on any atom is 0.161 e. The van der Waals surface area contributed by atoms with E-state index < -0.39 is 6.10 Å². The largest absolute Gasteiger partial charge is 0.504 e. The van der Waals surface area contributed by atoms with Crippen LogP contribution in [0.25, 0.3) is 16.6 Å². The molecule has 0 saturated carbocycles. The maximum atomic E-state index is 11.2. The second kappa shape index (κ2) is 17.3. The number of dihydropyridines is 1. The molecule has 4 aromatic rings. The third-order valence-corrected chi connectivity index (χ3v) is 11.3. The first-order valence-electron chi connectivity index (χ1n) is 19.5. The Bertz CT molecular complexity index is 1880. The van der Waals surface area contributed by atoms with Gasteiger partial charge in [-0.1, -0.05) is 74.2 Å². The molecule has 0 amide bonds. The predicted molar refractivity (Wildman–Crippen MR) is 209 cm³/mol. The Kier molecular flexibility index (Phi) is 12.2. The molecule has 6 N–H and O–H groups in total. The van der Waals surface area contributed by atoms with Crippen molar-refractivity contribution in [1.29, 1.82) is 0 Å². The molecule has 9 nitrogen and oxygen atoms in total. The number of phenolic OH excluding ortho intramolecular Hbond substituents is 1. The van der Waals surface area contributed by atoms with Gasteiger partial charge in [-0.15, -0.1) is 0 Å². The van der Waals surface area contributed by atoms with E-state index in [1.165, 1.54) is 11.1 Å². The van der Waals surface area contributed by atoms with Crippen molar-refractivity contribution in [1.82, 2.24) is 9.88 Å². The van der Waals surface area contributed by atoms with Crippen LogP contribution in [0.1, 0.15) is 86.5 Å². The first-order chi connectivity index (χ1) is 25.9. The van der Waals surface area contributed by atoms with Crippen LogP contribution in [0.3, 0.4) is 0 Å². The van der Waals surface area contributed by atoms with Gasteiger partial charge in [0.1, 0.15) is 12.4 Å². The van der Waals surface area contributed by atoms with Crippen LogP contribution in [0, 0.1) is 0 Å². The van der Waals surface area contributed by atoms with E-state index in [9.17, 15) is 10.2 Å². The molecule has 3 atom stereocenters. The van der Waals surface area contributed by atoms with Crippen molar-refractivity contribution >= 4 is 16.6 Å². The minimum absolute atomic E-state index is 0.0910. The summed E-state index contributed by atoms with van der Waals surface area (Å²) in [5, 5.41) is 36.9. The highest BCUT2D eigenvalue weighted by Gasteiger charge is 2.37. The van der Waals surface area contributed by atoms with Crippen molar-refractivity contribution in [2.45, 2.75) is 101 Å². The molecule has 9 heteroatoms. The molecule has 1 saturated heterocycles. The molecule has 282 valence electrons. The Hall–Kier alpha value is -4.12. The first-order valence-corrected chi connectivity index (χ1v) is 19.5. The maximum absolute atomic E-state index is 11.2. The average Bonchev–Trinajstić information content (AvgIpc) is 3.62. The zero-order valence-electron chi connectivity index (χ0n) is 30.7. The normalized spacial score (nSPS) is 22.1. The minimum Gasteiger partial charge on any atom is -0.504 e. The van der Waals surface area contributed by atoms with Crippen LogP contribution in [0.4, 0.5) is 0 Å². The van der Waals surface area contributed by atoms with E-state index in [2.05, 4.69) is 70.8 Å². The van der Waals surface area contributed by atoms with Crippen molar-refractivity contribution in [2.75, 3.05) is 26.4 Å². The molecule has 3 aliphatic rings. The van der Waals surface area contributed by atoms with Gasteiger partial charge in [0.15, 0.2) is 11.5 Å². The van der Waals surface area contributed by atoms with Crippen molar-refractivity contribution in [2.24, 2.45) is 5.73 Å². The fraction of sp³-hybridized carbons (Fsp3) is 0.455. The lowest BCUT2D eigenvalue weighted by molar-refractivity contribution is 0.0171. The summed E-state index contributed by atoms with van der Waals surface area (Å²) in [7, 11) is 0. The highest BCUT2D eigenvalue weighted by molar-refractivity contribution is 5.88. The summed E-state index contributed by atoms with van der Waals surface area (Å²) in [4.78, 5) is 0. The zero-order chi connectivity index (χ0) is 36.6. The number of phenols is 1. The third kappa shape index (κ3) is 8.82. The second-order valence-corrected chi connectivity index (χ2v) is 15.0. The van der Waals surface area contributed by atoms with Crippen LogP contribution in [-0.4, -0.2) is 64.7 Å². The first kappa shape index (κ1) is 37.2. The van der Waals surface area contributed by atoms with Gasteiger partial charge in [-0.2, -0.15) is 0 Å². The standard InChI is InChI=1S/C44H55N3O6/c45-42-17-14-32-29-52-38(11-7-2-1-3-8-20-48)26-37(49)15-12-31-13-16-40(50)41(23-31)53-30-34-25-36(24-33-27-47(28-39(33)34)43(32)46-42)44(18-21-51-22-19-44)35-9-5-4-6-10-35/h4-6,9-10,13-14,16-17,23-25,27-28,37-38,42,46,48-50H,1-3,7-8,11-12,15,18-22,26,29-30,45H2/t37-,38+,42?/m1/s1. The number of rotatable bonds is 9. The van der Waals surface area contributed by atoms with Gasteiger partial charge >= 0.3 is 0 Å². The van der Waals surface area contributed by atoms with Crippen LogP contribution in [-0.2, 0) is 27.9 Å². The number of nitrogens with zero attached hydrogens (tertiary/aromatic N) is 1. The van der Waals surface area contributed by atoms with Crippen LogP contribution < -0.4 is 15.8 Å². The second-order valence-electron chi connectivity index (χ2n) is 15.0. The summed E-state index contributed by atoms with van der Waals surface area (Å²) in [6, 6.07) is 20.8. The molecule has 3 aliphatic heterocycles. The van der Waals surface area contributed by atoms with Gasteiger partial charge in [0.25, 0.3) is 0 Å². The number of aromatic nitrogens is 1. The molecule has 3 aromatic carbocycles. The Labute approximate surface area is 313 Å². The summed E-state index contributed by atoms with van der Waals surface area (Å²) in [6.07, 6.45) is 16.6. The van der Waals surface area contributed by atoms with Gasteiger partial charge in [0, 0.05) is 54.0 Å². The van der Waals surface area contributed by atoms with E-state index >= 15 is 0 Å². The molecule has 1 unspecified atom stereocenters. The number of benzene rings is 3. The highest BCUT2D eigenvalue weighted by Crippen LogP contribution is 2.43. The Balaban J connectivity index is 1.30. The van der Waals surface area contributed by atoms with Gasteiger partial charge < -0.3 is 45.1 Å². The molecule has 7 rings (SSSR count). The molecular weight excluding hydrogens is 666 g/mol. The molecule has 1 fully saturated rings. The smallest absolute Gasteiger partial charge is 0.161 e. The lowest BCUT2D eigenvalue weighted by Crippen LogP contribution is -2.38. The van der Waals surface area contributed by atoms with Crippen molar-refractivity contribution < 1.29 is 29.5 Å². The Morgan fingerprint density at radius 3 is 2.55 bits per heavy atom. The number of fused-ring (bicyclic) bond motifs is 4. The number of nitrogens with one attached hydrogen (secondary N) is 1. The van der Waals surface area contributed by atoms with E-state index in [-0.39, 0.29) is 36.6 Å². The van der Waals surface area contributed by atoms with Gasteiger partial charge in [-0.05, 0) is 91.5 Å². The molecule has 4 bridgehead atoms. The molecule has 0 spiro atoms. The van der Waals surface area contributed by atoms with Gasteiger partial charge in [0.05, 0.1) is 25.0 Å². The van der Waals surface area contributed by atoms with Crippen LogP contribution in [0.5, 0.6) is 11.5 Å². The topological polar surface area (TPSA) is 131 Å². The molecule has 0 aliphatic carbocycles. The summed E-state index contributed by atoms with van der Waals surface area (Å²) in [6.45, 7) is 2.24. The summed E-state index contributed by atoms with van der Waals surface area (Å²) < 4.78 is 21.1. The fourth-order valence-electron chi connectivity index (χ4n) is 8.26. The molecular formula is C44H55N3O6. The van der Waals surface area contributed by atoms with Gasteiger partial charge in [-0.3, -0.25) is 0 Å². The third-order valence-electron chi connectivity index (χ3n) is 11.3. The monoisotopic (exact) mass is 721 g/mol. The summed E-state index contributed by atoms with van der Waals surface area (Å²) in [5.74, 6) is 1.38. The molecule has 4 heterocycles. The lowest BCUT2D eigenvalue weighted by atomic mass is 9.68. The zero-order valence-corrected chi connectivity index (χ0v) is 30.7. The highest BCUT2D eigenvalue weighted by atomic mass is 16.5. The van der Waals surface area contributed by atoms with Gasteiger partial charge in [-0.25, -0.2) is 0 Å². The van der Waals surface area contributed by atoms with Crippen LogP contribution >= 0.6 is 0 Å². The molecule has 0 radical (unpaired) electrons. The Morgan fingerprint density at radius 2 is 1.72 bits per heavy atom. The van der Waals surface area contributed by atoms with E-state index in [0.717, 1.165) is 84.7 Å². The summed E-state index contributed by atoms with van der Waals surface area (Å²) in [5.41, 5.74) is 11.7. The van der Waals surface area contributed by atoms with Crippen molar-refractivity contribution in [3.8, 4) is 11.5 Å². The van der Waals surface area contributed by atoms with Crippen LogP contribution in [0.2, 0.25) is 0 Å². The van der Waals surface area contributed by atoms with E-state index in [0.29, 0.717) is 44.8 Å². The van der Waals surface area contributed by atoms with Crippen LogP contribution in [0.15, 0.2) is 90.8 Å². The number of unbranched alkanes of at least 4 members (excludes halogenated alkanes) is 4. The minimum atomic E-state index is -0.543. The number of aliphatic hydroxyl groups excluding tert-OH is 2. The van der Waals surface area contributed by atoms with E-state index in [1.807, 2.05) is 18.2 Å². The molecule has 53 heavy (non-hydrogen) atoms. The number of hydrogen-bond donors (Lipinski definition) is 5. The quantitative estimate of drug-likeness (QED) is 0.116. The SMILES string of the molecule is NC1C=CC2=C(N1)n1cc3cc(C4(c5ccccc5)CCOCC4)cc(c3c1)COc1cc(ccc1O)CC[C@@H](O)C[C@H](CCCCCCCO)OC2. The lowest BCUT2D eigenvalue weighted by Gasteiger charge is -2.39. The number of nitrogens with two attached hydrogens (primary N) is 1. The number of hydrogen-bond acceptors (Lipinski definition) is 8. The Morgan fingerprint density at radius 1 is 0.906 bits per heavy atom. The van der Waals surface area contributed by atoms with Crippen molar-refractivity contribution in [3.63, 3.8) is 0 Å². The van der Waals surface area contributed by atoms with E-state index in [4.69, 9.17) is 25.1 Å². The number of aryl methyl sites for hydroxylation is 1. The number of aromatic hydroxyl groups is 1. The number of ether oxygens (including phenoxy) is 3.